The Hall–Kier alpha value is -2.41. The Kier molecular flexibility index (Phi) is 3.13. The Bertz CT molecular complexity index is 910. The molecule has 0 radical (unpaired) electrons. The lowest BCUT2D eigenvalue weighted by atomic mass is 10.2. The number of H-pyrrole nitrogens is 1. The van der Waals surface area contributed by atoms with Gasteiger partial charge in [0.05, 0.1) is 4.90 Å². The number of nitrogens with one attached hydrogen (secondary N) is 2. The molecule has 0 amide bonds. The number of anilines is 1. The molecule has 0 aliphatic rings. The molecule has 0 atom stereocenters. The fraction of sp³-hybridized carbons (Fsp3) is 0.143. The molecule has 0 fully saturated rings. The van der Waals surface area contributed by atoms with E-state index in [0.29, 0.717) is 11.2 Å². The van der Waals surface area contributed by atoms with Gasteiger partial charge in [-0.25, -0.2) is 8.42 Å². The Morgan fingerprint density at radius 1 is 1.19 bits per heavy atom. The van der Waals surface area contributed by atoms with Gasteiger partial charge in [0.15, 0.2) is 5.82 Å². The van der Waals surface area contributed by atoms with E-state index >= 15 is 0 Å². The Balaban J connectivity index is 2.11. The van der Waals surface area contributed by atoms with E-state index < -0.39 is 10.0 Å². The topological polar surface area (TPSA) is 87.7 Å². The second kappa shape index (κ2) is 4.85. The summed E-state index contributed by atoms with van der Waals surface area (Å²) >= 11 is 0. The first kappa shape index (κ1) is 13.6. The molecule has 6 nitrogen and oxygen atoms in total. The number of aromatic nitrogens is 3. The Morgan fingerprint density at radius 3 is 2.71 bits per heavy atom. The monoisotopic (exact) mass is 302 g/mol. The lowest BCUT2D eigenvalue weighted by molar-refractivity contribution is 0.602. The van der Waals surface area contributed by atoms with Crippen LogP contribution in [-0.4, -0.2) is 23.6 Å². The summed E-state index contributed by atoms with van der Waals surface area (Å²) in [5.74, 6) is 0.318. The highest BCUT2D eigenvalue weighted by Crippen LogP contribution is 2.25. The number of aryl methyl sites for hydroxylation is 1. The number of fused-ring (bicyclic) bond motifs is 1. The second-order valence-corrected chi connectivity index (χ2v) is 6.43. The molecule has 0 bridgehead atoms. The van der Waals surface area contributed by atoms with Gasteiger partial charge < -0.3 is 0 Å². The van der Waals surface area contributed by atoms with Crippen LogP contribution in [0.1, 0.15) is 11.3 Å². The number of hydrogen-bond donors (Lipinski definition) is 2. The van der Waals surface area contributed by atoms with Gasteiger partial charge in [-0.15, -0.1) is 0 Å². The highest BCUT2D eigenvalue weighted by atomic mass is 32.2. The molecular weight excluding hydrogens is 288 g/mol. The molecule has 108 valence electrons. The highest BCUT2D eigenvalue weighted by molar-refractivity contribution is 7.93. The maximum Gasteiger partial charge on any atom is 0.263 e. The summed E-state index contributed by atoms with van der Waals surface area (Å²) in [6.45, 7) is 3.65. The lowest BCUT2D eigenvalue weighted by Crippen LogP contribution is -2.14. The van der Waals surface area contributed by atoms with Gasteiger partial charge >= 0.3 is 0 Å². The second-order valence-electron chi connectivity index (χ2n) is 4.78. The van der Waals surface area contributed by atoms with Crippen molar-refractivity contribution < 1.29 is 8.42 Å². The smallest absolute Gasteiger partial charge is 0.263 e. The molecule has 2 heterocycles. The van der Waals surface area contributed by atoms with E-state index in [4.69, 9.17) is 0 Å². The first-order valence-corrected chi connectivity index (χ1v) is 7.84. The molecular formula is C14H14N4O2S. The molecule has 2 aromatic heterocycles. The SMILES string of the molecule is Cc1[nH]nc(NS(=O)(=O)c2cccc3cnccc23)c1C. The van der Waals surface area contributed by atoms with Gasteiger partial charge in [0.25, 0.3) is 10.0 Å². The largest absolute Gasteiger partial charge is 0.280 e. The molecule has 7 heteroatoms. The minimum atomic E-state index is -3.71. The number of sulfonamides is 1. The van der Waals surface area contributed by atoms with Crippen molar-refractivity contribution in [2.75, 3.05) is 4.72 Å². The predicted molar refractivity (Wildman–Crippen MR) is 80.6 cm³/mol. The van der Waals surface area contributed by atoms with Crippen molar-refractivity contribution in [3.05, 3.63) is 47.9 Å². The summed E-state index contributed by atoms with van der Waals surface area (Å²) < 4.78 is 27.7. The third-order valence-electron chi connectivity index (χ3n) is 3.41. The van der Waals surface area contributed by atoms with Crippen molar-refractivity contribution in [1.82, 2.24) is 15.2 Å². The number of hydrogen-bond acceptors (Lipinski definition) is 4. The van der Waals surface area contributed by atoms with Gasteiger partial charge in [0.1, 0.15) is 0 Å². The van der Waals surface area contributed by atoms with Crippen molar-refractivity contribution in [1.29, 1.82) is 0 Å². The zero-order valence-corrected chi connectivity index (χ0v) is 12.4. The summed E-state index contributed by atoms with van der Waals surface area (Å²) in [5.41, 5.74) is 1.61. The van der Waals surface area contributed by atoms with E-state index in [-0.39, 0.29) is 4.90 Å². The fourth-order valence-electron chi connectivity index (χ4n) is 2.09. The van der Waals surface area contributed by atoms with Crippen molar-refractivity contribution in [2.24, 2.45) is 0 Å². The molecule has 0 saturated heterocycles. The van der Waals surface area contributed by atoms with Crippen LogP contribution in [0.25, 0.3) is 10.8 Å². The maximum absolute atomic E-state index is 12.6. The first-order chi connectivity index (χ1) is 9.99. The summed E-state index contributed by atoms with van der Waals surface area (Å²) in [5, 5.41) is 8.14. The number of nitrogens with zero attached hydrogens (tertiary/aromatic N) is 2. The van der Waals surface area contributed by atoms with Crippen LogP contribution in [0.5, 0.6) is 0 Å². The van der Waals surface area contributed by atoms with Crippen LogP contribution in [0.2, 0.25) is 0 Å². The predicted octanol–water partition coefficient (Wildman–Crippen LogP) is 2.38. The standard InChI is InChI=1S/C14H14N4O2S/c1-9-10(2)16-17-14(9)18-21(19,20)13-5-3-4-11-8-15-7-6-12(11)13/h3-8H,1-2H3,(H2,16,17,18). The molecule has 0 unspecified atom stereocenters. The van der Waals surface area contributed by atoms with E-state index in [9.17, 15) is 8.42 Å². The molecule has 3 aromatic rings. The molecule has 3 rings (SSSR count). The van der Waals surface area contributed by atoms with Crippen molar-refractivity contribution in [2.45, 2.75) is 18.7 Å². The molecule has 1 aromatic carbocycles. The molecule has 0 spiro atoms. The van der Waals surface area contributed by atoms with Crippen LogP contribution in [0.15, 0.2) is 41.6 Å². The third-order valence-corrected chi connectivity index (χ3v) is 4.81. The van der Waals surface area contributed by atoms with Gasteiger partial charge in [-0.1, -0.05) is 12.1 Å². The Labute approximate surface area is 122 Å². The zero-order valence-electron chi connectivity index (χ0n) is 11.6. The van der Waals surface area contributed by atoms with Gasteiger partial charge in [-0.3, -0.25) is 14.8 Å². The van der Waals surface area contributed by atoms with E-state index in [1.807, 2.05) is 19.9 Å². The van der Waals surface area contributed by atoms with Gasteiger partial charge in [0.2, 0.25) is 0 Å². The maximum atomic E-state index is 12.6. The van der Waals surface area contributed by atoms with Crippen LogP contribution >= 0.6 is 0 Å². The molecule has 0 aliphatic heterocycles. The summed E-state index contributed by atoms with van der Waals surface area (Å²) in [6, 6.07) is 6.78. The number of aromatic amines is 1. The summed E-state index contributed by atoms with van der Waals surface area (Å²) in [7, 11) is -3.71. The number of benzene rings is 1. The molecule has 0 aliphatic carbocycles. The van der Waals surface area contributed by atoms with E-state index in [2.05, 4.69) is 19.9 Å². The minimum Gasteiger partial charge on any atom is -0.280 e. The number of pyridine rings is 1. The van der Waals surface area contributed by atoms with Crippen LogP contribution in [0.3, 0.4) is 0 Å². The van der Waals surface area contributed by atoms with Gasteiger partial charge in [0, 0.05) is 34.4 Å². The average molecular weight is 302 g/mol. The normalized spacial score (nSPS) is 11.7. The van der Waals surface area contributed by atoms with Crippen LogP contribution in [0.4, 0.5) is 5.82 Å². The lowest BCUT2D eigenvalue weighted by Gasteiger charge is -2.09. The van der Waals surface area contributed by atoms with Crippen LogP contribution in [-0.2, 0) is 10.0 Å². The van der Waals surface area contributed by atoms with Crippen LogP contribution < -0.4 is 4.72 Å². The van der Waals surface area contributed by atoms with E-state index in [1.54, 1.807) is 30.6 Å². The first-order valence-electron chi connectivity index (χ1n) is 6.36. The highest BCUT2D eigenvalue weighted by Gasteiger charge is 2.19. The Morgan fingerprint density at radius 2 is 2.00 bits per heavy atom. The van der Waals surface area contributed by atoms with Crippen LogP contribution in [0, 0.1) is 13.8 Å². The molecule has 0 saturated carbocycles. The molecule has 21 heavy (non-hydrogen) atoms. The van der Waals surface area contributed by atoms with Gasteiger partial charge in [-0.2, -0.15) is 5.10 Å². The third kappa shape index (κ3) is 2.36. The van der Waals surface area contributed by atoms with Crippen molar-refractivity contribution >= 4 is 26.6 Å². The zero-order chi connectivity index (χ0) is 15.0. The van der Waals surface area contributed by atoms with Crippen molar-refractivity contribution in [3.8, 4) is 0 Å². The summed E-state index contributed by atoms with van der Waals surface area (Å²) in [4.78, 5) is 4.22. The summed E-state index contributed by atoms with van der Waals surface area (Å²) in [6.07, 6.45) is 3.21. The van der Waals surface area contributed by atoms with Crippen molar-refractivity contribution in [3.63, 3.8) is 0 Å². The molecule has 2 N–H and O–H groups in total. The van der Waals surface area contributed by atoms with Gasteiger partial charge in [-0.05, 0) is 26.0 Å². The van der Waals surface area contributed by atoms with E-state index in [1.165, 1.54) is 0 Å². The average Bonchev–Trinajstić information content (AvgIpc) is 2.78. The van der Waals surface area contributed by atoms with E-state index in [0.717, 1.165) is 16.6 Å². The fourth-order valence-corrected chi connectivity index (χ4v) is 3.39. The number of rotatable bonds is 3. The minimum absolute atomic E-state index is 0.211. The quantitative estimate of drug-likeness (QED) is 0.777.